The SMILES string of the molecule is COCC(N)c1nc(C2CN(C(C)C)CCO2)no1. The first-order chi connectivity index (χ1) is 9.11. The third-order valence-electron chi connectivity index (χ3n) is 3.24. The van der Waals surface area contributed by atoms with Crippen LogP contribution in [0.4, 0.5) is 0 Å². The fourth-order valence-electron chi connectivity index (χ4n) is 2.07. The van der Waals surface area contributed by atoms with Crippen molar-refractivity contribution >= 4 is 0 Å². The lowest BCUT2D eigenvalue weighted by molar-refractivity contribution is -0.0450. The molecule has 0 saturated carbocycles. The van der Waals surface area contributed by atoms with Crippen molar-refractivity contribution in [1.29, 1.82) is 0 Å². The Bertz CT molecular complexity index is 396. The van der Waals surface area contributed by atoms with Gasteiger partial charge in [0.05, 0.1) is 13.2 Å². The van der Waals surface area contributed by atoms with Gasteiger partial charge >= 0.3 is 0 Å². The van der Waals surface area contributed by atoms with E-state index in [1.165, 1.54) is 0 Å². The number of nitrogens with two attached hydrogens (primary N) is 1. The minimum absolute atomic E-state index is 0.150. The monoisotopic (exact) mass is 270 g/mol. The van der Waals surface area contributed by atoms with Crippen molar-refractivity contribution in [3.8, 4) is 0 Å². The third kappa shape index (κ3) is 3.50. The van der Waals surface area contributed by atoms with E-state index in [0.29, 0.717) is 31.0 Å². The topological polar surface area (TPSA) is 86.6 Å². The maximum absolute atomic E-state index is 5.85. The van der Waals surface area contributed by atoms with Gasteiger partial charge in [-0.25, -0.2) is 0 Å². The average molecular weight is 270 g/mol. The Morgan fingerprint density at radius 3 is 3.00 bits per heavy atom. The molecule has 0 radical (unpaired) electrons. The van der Waals surface area contributed by atoms with Gasteiger partial charge in [-0.3, -0.25) is 4.90 Å². The van der Waals surface area contributed by atoms with E-state index >= 15 is 0 Å². The summed E-state index contributed by atoms with van der Waals surface area (Å²) in [6.07, 6.45) is -0.150. The van der Waals surface area contributed by atoms with Crippen LogP contribution in [0.5, 0.6) is 0 Å². The van der Waals surface area contributed by atoms with E-state index < -0.39 is 6.04 Å². The molecule has 0 spiro atoms. The summed E-state index contributed by atoms with van der Waals surface area (Å²) in [5, 5.41) is 3.96. The van der Waals surface area contributed by atoms with Crippen LogP contribution in [0.15, 0.2) is 4.52 Å². The number of ether oxygens (including phenoxy) is 2. The van der Waals surface area contributed by atoms with Crippen molar-refractivity contribution in [1.82, 2.24) is 15.0 Å². The van der Waals surface area contributed by atoms with E-state index in [0.717, 1.165) is 13.1 Å². The second kappa shape index (κ2) is 6.42. The number of hydrogen-bond donors (Lipinski definition) is 1. The maximum atomic E-state index is 5.85. The molecule has 2 atom stereocenters. The highest BCUT2D eigenvalue weighted by atomic mass is 16.5. The summed E-state index contributed by atoms with van der Waals surface area (Å²) in [5.41, 5.74) is 5.85. The number of aromatic nitrogens is 2. The molecule has 2 rings (SSSR count). The number of nitrogens with zero attached hydrogens (tertiary/aromatic N) is 3. The van der Waals surface area contributed by atoms with Gasteiger partial charge in [0, 0.05) is 26.2 Å². The van der Waals surface area contributed by atoms with Crippen molar-refractivity contribution in [3.05, 3.63) is 11.7 Å². The summed E-state index contributed by atoms with van der Waals surface area (Å²) >= 11 is 0. The lowest BCUT2D eigenvalue weighted by atomic mass is 10.2. The molecule has 0 aliphatic carbocycles. The van der Waals surface area contributed by atoms with Crippen molar-refractivity contribution in [3.63, 3.8) is 0 Å². The van der Waals surface area contributed by atoms with Gasteiger partial charge < -0.3 is 19.7 Å². The van der Waals surface area contributed by atoms with E-state index in [2.05, 4.69) is 28.9 Å². The Labute approximate surface area is 113 Å². The predicted octanol–water partition coefficient (Wildman–Crippen LogP) is 0.498. The molecule has 2 N–H and O–H groups in total. The van der Waals surface area contributed by atoms with Crippen LogP contribution >= 0.6 is 0 Å². The van der Waals surface area contributed by atoms with E-state index in [-0.39, 0.29) is 6.10 Å². The Morgan fingerprint density at radius 2 is 2.32 bits per heavy atom. The van der Waals surface area contributed by atoms with Crippen molar-refractivity contribution in [2.75, 3.05) is 33.4 Å². The van der Waals surface area contributed by atoms with Crippen molar-refractivity contribution in [2.24, 2.45) is 5.73 Å². The largest absolute Gasteiger partial charge is 0.383 e. The standard InChI is InChI=1S/C12H22N4O3/c1-8(2)16-4-5-18-10(6-16)11-14-12(19-15-11)9(13)7-17-3/h8-10H,4-7,13H2,1-3H3. The molecule has 1 saturated heterocycles. The molecular formula is C12H22N4O3. The molecule has 108 valence electrons. The van der Waals surface area contributed by atoms with Gasteiger partial charge in [-0.05, 0) is 13.8 Å². The highest BCUT2D eigenvalue weighted by molar-refractivity contribution is 4.97. The van der Waals surface area contributed by atoms with Crippen LogP contribution in [0.2, 0.25) is 0 Å². The Morgan fingerprint density at radius 1 is 1.53 bits per heavy atom. The highest BCUT2D eigenvalue weighted by Gasteiger charge is 2.28. The first-order valence-electron chi connectivity index (χ1n) is 6.55. The first kappa shape index (κ1) is 14.4. The summed E-state index contributed by atoms with van der Waals surface area (Å²) in [7, 11) is 1.59. The van der Waals surface area contributed by atoms with Gasteiger partial charge in [0.2, 0.25) is 11.7 Å². The molecule has 0 amide bonds. The third-order valence-corrected chi connectivity index (χ3v) is 3.24. The molecule has 1 fully saturated rings. The molecule has 1 aromatic rings. The quantitative estimate of drug-likeness (QED) is 0.833. The fraction of sp³-hybridized carbons (Fsp3) is 0.833. The van der Waals surface area contributed by atoms with E-state index in [1.807, 2.05) is 0 Å². The van der Waals surface area contributed by atoms with Crippen LogP contribution < -0.4 is 5.73 Å². The minimum atomic E-state index is -0.393. The van der Waals surface area contributed by atoms with Gasteiger partial charge in [-0.2, -0.15) is 4.98 Å². The lowest BCUT2D eigenvalue weighted by Crippen LogP contribution is -2.42. The number of methoxy groups -OCH3 is 1. The minimum Gasteiger partial charge on any atom is -0.383 e. The van der Waals surface area contributed by atoms with E-state index in [9.17, 15) is 0 Å². The van der Waals surface area contributed by atoms with Crippen LogP contribution in [-0.4, -0.2) is 54.5 Å². The fourth-order valence-corrected chi connectivity index (χ4v) is 2.07. The normalized spacial score (nSPS) is 22.9. The zero-order valence-corrected chi connectivity index (χ0v) is 11.7. The summed E-state index contributed by atoms with van der Waals surface area (Å²) < 4.78 is 15.8. The second-order valence-electron chi connectivity index (χ2n) is 5.00. The van der Waals surface area contributed by atoms with Gasteiger partial charge in [0.1, 0.15) is 12.1 Å². The van der Waals surface area contributed by atoms with Crippen LogP contribution in [0, 0.1) is 0 Å². The summed E-state index contributed by atoms with van der Waals surface area (Å²) in [5.74, 6) is 0.953. The molecule has 2 unspecified atom stereocenters. The van der Waals surface area contributed by atoms with Crippen LogP contribution in [0.25, 0.3) is 0 Å². The van der Waals surface area contributed by atoms with E-state index in [1.54, 1.807) is 7.11 Å². The van der Waals surface area contributed by atoms with Crippen molar-refractivity contribution < 1.29 is 14.0 Å². The highest BCUT2D eigenvalue weighted by Crippen LogP contribution is 2.22. The van der Waals surface area contributed by atoms with Gasteiger partial charge in [-0.1, -0.05) is 5.16 Å². The second-order valence-corrected chi connectivity index (χ2v) is 5.00. The van der Waals surface area contributed by atoms with Crippen molar-refractivity contribution in [2.45, 2.75) is 32.0 Å². The summed E-state index contributed by atoms with van der Waals surface area (Å²) in [4.78, 5) is 6.64. The molecular weight excluding hydrogens is 248 g/mol. The van der Waals surface area contributed by atoms with Crippen LogP contribution in [-0.2, 0) is 9.47 Å². The summed E-state index contributed by atoms with van der Waals surface area (Å²) in [6.45, 7) is 7.07. The maximum Gasteiger partial charge on any atom is 0.246 e. The molecule has 7 nitrogen and oxygen atoms in total. The van der Waals surface area contributed by atoms with Gasteiger partial charge in [0.25, 0.3) is 0 Å². The molecule has 1 aliphatic heterocycles. The zero-order chi connectivity index (χ0) is 13.8. The molecule has 0 aromatic carbocycles. The van der Waals surface area contributed by atoms with Crippen LogP contribution in [0.1, 0.15) is 37.7 Å². The van der Waals surface area contributed by atoms with Gasteiger partial charge in [0.15, 0.2) is 0 Å². The summed E-state index contributed by atoms with van der Waals surface area (Å²) in [6, 6.07) is 0.0876. The molecule has 0 bridgehead atoms. The van der Waals surface area contributed by atoms with E-state index in [4.69, 9.17) is 19.7 Å². The average Bonchev–Trinajstić information content (AvgIpc) is 2.89. The Balaban J connectivity index is 2.01. The van der Waals surface area contributed by atoms with Gasteiger partial charge in [-0.15, -0.1) is 0 Å². The number of rotatable bonds is 5. The molecule has 1 aromatic heterocycles. The Kier molecular flexibility index (Phi) is 4.87. The van der Waals surface area contributed by atoms with Crippen LogP contribution in [0.3, 0.4) is 0 Å². The lowest BCUT2D eigenvalue weighted by Gasteiger charge is -2.34. The number of hydrogen-bond acceptors (Lipinski definition) is 7. The smallest absolute Gasteiger partial charge is 0.246 e. The predicted molar refractivity (Wildman–Crippen MR) is 68.5 cm³/mol. The first-order valence-corrected chi connectivity index (χ1v) is 6.55. The molecule has 2 heterocycles. The zero-order valence-electron chi connectivity index (χ0n) is 11.7. The Hall–Kier alpha value is -1.02. The molecule has 19 heavy (non-hydrogen) atoms. The molecule has 1 aliphatic rings. The number of morpholine rings is 1. The molecule has 7 heteroatoms.